The van der Waals surface area contributed by atoms with Gasteiger partial charge in [-0.2, -0.15) is 0 Å². The monoisotopic (exact) mass is 332 g/mol. The van der Waals surface area contributed by atoms with Crippen LogP contribution >= 0.6 is 0 Å². The molecule has 2 aliphatic rings. The van der Waals surface area contributed by atoms with E-state index in [0.717, 1.165) is 64.4 Å². The molecule has 5 heteroatoms. The molecule has 1 aromatic carbocycles. The van der Waals surface area contributed by atoms with E-state index in [0.29, 0.717) is 0 Å². The number of likely N-dealkylation sites (N-methyl/N-ethyl adjacent to an activating group) is 1. The van der Waals surface area contributed by atoms with Crippen molar-refractivity contribution in [2.24, 2.45) is 0 Å². The van der Waals surface area contributed by atoms with Crippen molar-refractivity contribution in [3.05, 3.63) is 30.3 Å². The van der Waals surface area contributed by atoms with E-state index in [4.69, 9.17) is 9.47 Å². The summed E-state index contributed by atoms with van der Waals surface area (Å²) in [6.07, 6.45) is 3.03. The molecule has 0 unspecified atom stereocenters. The molecule has 0 atom stereocenters. The van der Waals surface area contributed by atoms with Gasteiger partial charge in [-0.25, -0.2) is 0 Å². The van der Waals surface area contributed by atoms with Crippen molar-refractivity contribution < 1.29 is 14.3 Å². The molecule has 2 saturated heterocycles. The van der Waals surface area contributed by atoms with Crippen LogP contribution in [0, 0.1) is 0 Å². The second kappa shape index (κ2) is 7.99. The molecule has 5 nitrogen and oxygen atoms in total. The van der Waals surface area contributed by atoms with E-state index >= 15 is 0 Å². The van der Waals surface area contributed by atoms with Crippen molar-refractivity contribution >= 4 is 5.91 Å². The molecule has 1 aromatic rings. The number of carbonyl (C=O) groups excluding carboxylic acids is 1. The first-order valence-electron chi connectivity index (χ1n) is 9.02. The summed E-state index contributed by atoms with van der Waals surface area (Å²) in [4.78, 5) is 17.3. The van der Waals surface area contributed by atoms with Crippen molar-refractivity contribution in [3.63, 3.8) is 0 Å². The highest BCUT2D eigenvalue weighted by Gasteiger charge is 2.41. The zero-order chi connectivity index (χ0) is 16.8. The van der Waals surface area contributed by atoms with Gasteiger partial charge in [-0.05, 0) is 37.9 Å². The minimum Gasteiger partial charge on any atom is -0.484 e. The SMILES string of the molecule is CCN1CCCN(C(=O)COc2ccccc2)CC12CCOCC2. The van der Waals surface area contributed by atoms with Crippen LogP contribution in [0.2, 0.25) is 0 Å². The molecule has 132 valence electrons. The number of hydrogen-bond acceptors (Lipinski definition) is 4. The van der Waals surface area contributed by atoms with Crippen molar-refractivity contribution in [1.82, 2.24) is 9.80 Å². The zero-order valence-corrected chi connectivity index (χ0v) is 14.6. The summed E-state index contributed by atoms with van der Waals surface area (Å²) < 4.78 is 11.2. The first-order chi connectivity index (χ1) is 11.7. The lowest BCUT2D eigenvalue weighted by molar-refractivity contribution is -0.135. The molecule has 2 heterocycles. The van der Waals surface area contributed by atoms with Gasteiger partial charge in [-0.3, -0.25) is 9.69 Å². The molecule has 3 rings (SSSR count). The van der Waals surface area contributed by atoms with Crippen LogP contribution in [-0.4, -0.2) is 67.2 Å². The fraction of sp³-hybridized carbons (Fsp3) is 0.632. The Labute approximate surface area is 144 Å². The Balaban J connectivity index is 1.65. The summed E-state index contributed by atoms with van der Waals surface area (Å²) in [7, 11) is 0. The zero-order valence-electron chi connectivity index (χ0n) is 14.6. The maximum atomic E-state index is 12.7. The predicted molar refractivity (Wildman–Crippen MR) is 93.2 cm³/mol. The largest absolute Gasteiger partial charge is 0.484 e. The van der Waals surface area contributed by atoms with Crippen LogP contribution < -0.4 is 4.74 Å². The van der Waals surface area contributed by atoms with E-state index in [2.05, 4.69) is 11.8 Å². The molecule has 0 radical (unpaired) electrons. The van der Waals surface area contributed by atoms with Crippen LogP contribution in [-0.2, 0) is 9.53 Å². The molecular formula is C19H28N2O3. The Hall–Kier alpha value is -1.59. The van der Waals surface area contributed by atoms with Gasteiger partial charge in [0, 0.05) is 38.4 Å². The smallest absolute Gasteiger partial charge is 0.260 e. The fourth-order valence-electron chi connectivity index (χ4n) is 3.91. The molecular weight excluding hydrogens is 304 g/mol. The van der Waals surface area contributed by atoms with Crippen LogP contribution in [0.15, 0.2) is 30.3 Å². The van der Waals surface area contributed by atoms with Crippen molar-refractivity contribution in [3.8, 4) is 5.75 Å². The van der Waals surface area contributed by atoms with Gasteiger partial charge >= 0.3 is 0 Å². The van der Waals surface area contributed by atoms with E-state index in [1.165, 1.54) is 0 Å². The quantitative estimate of drug-likeness (QED) is 0.847. The van der Waals surface area contributed by atoms with Gasteiger partial charge in [0.15, 0.2) is 6.61 Å². The number of benzene rings is 1. The van der Waals surface area contributed by atoms with Gasteiger partial charge in [0.25, 0.3) is 5.91 Å². The second-order valence-corrected chi connectivity index (χ2v) is 6.69. The highest BCUT2D eigenvalue weighted by Crippen LogP contribution is 2.31. The Morgan fingerprint density at radius 1 is 1.21 bits per heavy atom. The number of carbonyl (C=O) groups is 1. The first-order valence-corrected chi connectivity index (χ1v) is 9.02. The van der Waals surface area contributed by atoms with E-state index in [-0.39, 0.29) is 18.1 Å². The number of ether oxygens (including phenoxy) is 2. The Bertz CT molecular complexity index is 529. The summed E-state index contributed by atoms with van der Waals surface area (Å²) >= 11 is 0. The predicted octanol–water partition coefficient (Wildman–Crippen LogP) is 2.17. The molecule has 0 saturated carbocycles. The Morgan fingerprint density at radius 3 is 2.67 bits per heavy atom. The van der Waals surface area contributed by atoms with Crippen LogP contribution in [0.5, 0.6) is 5.75 Å². The number of nitrogens with zero attached hydrogens (tertiary/aromatic N) is 2. The molecule has 0 bridgehead atoms. The van der Waals surface area contributed by atoms with E-state index in [1.807, 2.05) is 35.2 Å². The summed E-state index contributed by atoms with van der Waals surface area (Å²) in [6, 6.07) is 9.55. The molecule has 1 spiro atoms. The molecule has 24 heavy (non-hydrogen) atoms. The fourth-order valence-corrected chi connectivity index (χ4v) is 3.91. The highest BCUT2D eigenvalue weighted by atomic mass is 16.5. The first kappa shape index (κ1) is 17.2. The Kier molecular flexibility index (Phi) is 5.74. The van der Waals surface area contributed by atoms with E-state index in [9.17, 15) is 4.79 Å². The summed E-state index contributed by atoms with van der Waals surface area (Å²) in [5.41, 5.74) is 0.0753. The minimum absolute atomic E-state index is 0.0753. The molecule has 0 aliphatic carbocycles. The van der Waals surface area contributed by atoms with Gasteiger partial charge in [-0.15, -0.1) is 0 Å². The average Bonchev–Trinajstić information content (AvgIpc) is 2.80. The average molecular weight is 332 g/mol. The van der Waals surface area contributed by atoms with E-state index in [1.54, 1.807) is 0 Å². The topological polar surface area (TPSA) is 42.0 Å². The van der Waals surface area contributed by atoms with E-state index < -0.39 is 0 Å². The number of amides is 1. The summed E-state index contributed by atoms with van der Waals surface area (Å²) in [5.74, 6) is 0.833. The van der Waals surface area contributed by atoms with Crippen LogP contribution in [0.4, 0.5) is 0 Å². The number of para-hydroxylation sites is 1. The van der Waals surface area contributed by atoms with Crippen molar-refractivity contribution in [2.75, 3.05) is 46.0 Å². The van der Waals surface area contributed by atoms with Gasteiger partial charge in [0.2, 0.25) is 0 Å². The van der Waals surface area contributed by atoms with Gasteiger partial charge in [-0.1, -0.05) is 25.1 Å². The molecule has 2 aliphatic heterocycles. The third-order valence-corrected chi connectivity index (χ3v) is 5.28. The molecule has 0 aromatic heterocycles. The van der Waals surface area contributed by atoms with Crippen molar-refractivity contribution in [1.29, 1.82) is 0 Å². The second-order valence-electron chi connectivity index (χ2n) is 6.69. The standard InChI is InChI=1S/C19H28N2O3/c1-2-21-12-6-11-20(16-19(21)9-13-23-14-10-19)18(22)15-24-17-7-4-3-5-8-17/h3-5,7-8H,2,6,9-16H2,1H3. The van der Waals surface area contributed by atoms with Crippen LogP contribution in [0.3, 0.4) is 0 Å². The van der Waals surface area contributed by atoms with Crippen molar-refractivity contribution in [2.45, 2.75) is 31.7 Å². The lowest BCUT2D eigenvalue weighted by Crippen LogP contribution is -2.57. The van der Waals surface area contributed by atoms with Crippen LogP contribution in [0.25, 0.3) is 0 Å². The van der Waals surface area contributed by atoms with Crippen LogP contribution in [0.1, 0.15) is 26.2 Å². The lowest BCUT2D eigenvalue weighted by Gasteiger charge is -2.46. The summed E-state index contributed by atoms with van der Waals surface area (Å²) in [6.45, 7) is 7.60. The lowest BCUT2D eigenvalue weighted by atomic mass is 9.87. The maximum Gasteiger partial charge on any atom is 0.260 e. The minimum atomic E-state index is 0.0753. The highest BCUT2D eigenvalue weighted by molar-refractivity contribution is 5.78. The summed E-state index contributed by atoms with van der Waals surface area (Å²) in [5, 5.41) is 0. The Morgan fingerprint density at radius 2 is 1.96 bits per heavy atom. The number of rotatable bonds is 4. The molecule has 1 amide bonds. The number of hydrogen-bond donors (Lipinski definition) is 0. The molecule has 2 fully saturated rings. The maximum absolute atomic E-state index is 12.7. The van der Waals surface area contributed by atoms with Gasteiger partial charge < -0.3 is 14.4 Å². The van der Waals surface area contributed by atoms with Gasteiger partial charge in [0.05, 0.1) is 0 Å². The van der Waals surface area contributed by atoms with Gasteiger partial charge in [0.1, 0.15) is 5.75 Å². The third kappa shape index (κ3) is 3.90. The normalized spacial score (nSPS) is 21.5. The third-order valence-electron chi connectivity index (χ3n) is 5.28. The molecule has 0 N–H and O–H groups in total.